The summed E-state index contributed by atoms with van der Waals surface area (Å²) in [6.07, 6.45) is 3.51. The number of benzene rings is 2. The van der Waals surface area contributed by atoms with Gasteiger partial charge in [-0.1, -0.05) is 26.7 Å². The normalized spacial score (nSPS) is 10.9. The third-order valence-electron chi connectivity index (χ3n) is 5.68. The molecule has 0 saturated heterocycles. The van der Waals surface area contributed by atoms with Crippen molar-refractivity contribution in [3.8, 4) is 17.2 Å². The Morgan fingerprint density at radius 3 is 2.29 bits per heavy atom. The monoisotopic (exact) mass is 481 g/mol. The molecule has 186 valence electrons. The van der Waals surface area contributed by atoms with Crippen molar-refractivity contribution in [1.29, 1.82) is 0 Å². The average molecular weight is 482 g/mol. The Bertz CT molecular complexity index is 1290. The number of H-pyrrole nitrogens is 1. The molecule has 0 saturated carbocycles. The van der Waals surface area contributed by atoms with Crippen LogP contribution < -0.4 is 14.9 Å². The lowest BCUT2D eigenvalue weighted by molar-refractivity contribution is 0.0690. The molecule has 0 radical (unpaired) electrons. The van der Waals surface area contributed by atoms with E-state index in [9.17, 15) is 24.6 Å². The van der Waals surface area contributed by atoms with Gasteiger partial charge in [-0.2, -0.15) is 0 Å². The quantitative estimate of drug-likeness (QED) is 0.248. The van der Waals surface area contributed by atoms with E-state index in [0.29, 0.717) is 60.4 Å². The van der Waals surface area contributed by atoms with Crippen molar-refractivity contribution in [2.24, 2.45) is 0 Å². The minimum atomic E-state index is -1.20. The Balaban J connectivity index is 1.72. The molecule has 3 rings (SSSR count). The van der Waals surface area contributed by atoms with Gasteiger partial charge < -0.3 is 24.7 Å². The predicted molar refractivity (Wildman–Crippen MR) is 133 cm³/mol. The lowest BCUT2D eigenvalue weighted by atomic mass is 10.0. The lowest BCUT2D eigenvalue weighted by Crippen LogP contribution is -2.11. The van der Waals surface area contributed by atoms with E-state index in [1.807, 2.05) is 13.8 Å². The van der Waals surface area contributed by atoms with Gasteiger partial charge in [-0.3, -0.25) is 9.59 Å². The van der Waals surface area contributed by atoms with Crippen LogP contribution in [0.4, 0.5) is 0 Å². The molecule has 0 spiro atoms. The summed E-state index contributed by atoms with van der Waals surface area (Å²) in [7, 11) is 0. The van der Waals surface area contributed by atoms with Gasteiger partial charge in [0.2, 0.25) is 0 Å². The van der Waals surface area contributed by atoms with Gasteiger partial charge in [0.05, 0.1) is 24.3 Å². The summed E-state index contributed by atoms with van der Waals surface area (Å²) in [4.78, 5) is 38.2. The van der Waals surface area contributed by atoms with Crippen molar-refractivity contribution in [2.75, 3.05) is 13.2 Å². The van der Waals surface area contributed by atoms with Crippen molar-refractivity contribution in [1.82, 2.24) is 4.98 Å². The molecule has 0 fully saturated rings. The number of phenolic OH excluding ortho intramolecular Hbond substituents is 1. The Hall–Kier alpha value is -3.81. The zero-order valence-corrected chi connectivity index (χ0v) is 20.3. The highest BCUT2D eigenvalue weighted by Crippen LogP contribution is 2.33. The van der Waals surface area contributed by atoms with Crippen molar-refractivity contribution >= 4 is 22.7 Å². The minimum absolute atomic E-state index is 0.0248. The van der Waals surface area contributed by atoms with Gasteiger partial charge in [-0.05, 0) is 43.5 Å². The van der Waals surface area contributed by atoms with Crippen LogP contribution in [0.2, 0.25) is 0 Å². The maximum absolute atomic E-state index is 12.4. The number of aromatic nitrogens is 1. The summed E-state index contributed by atoms with van der Waals surface area (Å²) in [5, 5.41) is 20.1. The number of ketones is 1. The molecule has 0 unspecified atom stereocenters. The van der Waals surface area contributed by atoms with Crippen LogP contribution in [-0.2, 0) is 12.8 Å². The predicted octanol–water partition coefficient (Wildman–Crippen LogP) is 4.89. The summed E-state index contributed by atoms with van der Waals surface area (Å²) >= 11 is 0. The largest absolute Gasteiger partial charge is 0.507 e. The number of ether oxygens (including phenoxy) is 2. The number of aryl methyl sites for hydroxylation is 1. The Morgan fingerprint density at radius 1 is 0.971 bits per heavy atom. The Labute approximate surface area is 203 Å². The van der Waals surface area contributed by atoms with Gasteiger partial charge >= 0.3 is 5.97 Å². The first-order chi connectivity index (χ1) is 16.8. The molecule has 0 aliphatic heterocycles. The van der Waals surface area contributed by atoms with Crippen LogP contribution >= 0.6 is 0 Å². The van der Waals surface area contributed by atoms with Crippen LogP contribution in [0.3, 0.4) is 0 Å². The van der Waals surface area contributed by atoms with Crippen molar-refractivity contribution in [3.63, 3.8) is 0 Å². The first-order valence-corrected chi connectivity index (χ1v) is 11.8. The fraction of sp³-hybridized carbons (Fsp3) is 0.370. The standard InChI is InChI=1S/C27H31NO7/c1-4-7-17-13-20-21(28-22(27(32)33)14-23(20)30)15-25(17)35-12-6-11-34-24-10-9-18(16(3)29)26(31)19(24)8-5-2/h9-10,13-15,31H,4-8,11-12H2,1-3H3,(H,28,30)(H,32,33). The molecule has 3 aromatic rings. The van der Waals surface area contributed by atoms with Crippen LogP contribution in [-0.4, -0.2) is 40.2 Å². The third kappa shape index (κ3) is 6.01. The van der Waals surface area contributed by atoms with Gasteiger partial charge in [-0.25, -0.2) is 4.79 Å². The average Bonchev–Trinajstić information content (AvgIpc) is 2.81. The zero-order valence-electron chi connectivity index (χ0n) is 20.3. The van der Waals surface area contributed by atoms with Crippen LogP contribution in [0.5, 0.6) is 17.2 Å². The first-order valence-electron chi connectivity index (χ1n) is 11.8. The SMILES string of the molecule is CCCc1cc2c(=O)cc(C(=O)O)[nH]c2cc1OCCCOc1ccc(C(C)=O)c(O)c1CCC. The molecule has 1 aromatic heterocycles. The third-order valence-corrected chi connectivity index (χ3v) is 5.68. The molecular weight excluding hydrogens is 450 g/mol. The number of carboxylic acid groups (broad SMARTS) is 1. The fourth-order valence-electron chi connectivity index (χ4n) is 3.99. The van der Waals surface area contributed by atoms with Gasteiger partial charge in [-0.15, -0.1) is 0 Å². The number of hydrogen-bond acceptors (Lipinski definition) is 6. The lowest BCUT2D eigenvalue weighted by Gasteiger charge is -2.16. The van der Waals surface area contributed by atoms with Gasteiger partial charge in [0, 0.05) is 29.5 Å². The molecule has 1 heterocycles. The van der Waals surface area contributed by atoms with Crippen LogP contribution in [0.25, 0.3) is 10.9 Å². The highest BCUT2D eigenvalue weighted by atomic mass is 16.5. The first kappa shape index (κ1) is 25.8. The fourth-order valence-corrected chi connectivity index (χ4v) is 3.99. The molecular formula is C27H31NO7. The number of carbonyl (C=O) groups is 2. The molecule has 0 atom stereocenters. The topological polar surface area (TPSA) is 126 Å². The second-order valence-electron chi connectivity index (χ2n) is 8.40. The molecule has 0 aliphatic carbocycles. The van der Waals surface area contributed by atoms with Gasteiger partial charge in [0.1, 0.15) is 22.9 Å². The summed E-state index contributed by atoms with van der Waals surface area (Å²) in [6.45, 7) is 6.11. The molecule has 0 bridgehead atoms. The zero-order chi connectivity index (χ0) is 25.5. The van der Waals surface area contributed by atoms with E-state index in [1.54, 1.807) is 24.3 Å². The number of pyridine rings is 1. The van der Waals surface area contributed by atoms with E-state index in [0.717, 1.165) is 24.5 Å². The number of aromatic hydroxyl groups is 1. The number of aromatic amines is 1. The Kier molecular flexibility index (Phi) is 8.52. The van der Waals surface area contributed by atoms with Crippen LogP contribution in [0, 0.1) is 0 Å². The van der Waals surface area contributed by atoms with E-state index in [2.05, 4.69) is 4.98 Å². The van der Waals surface area contributed by atoms with Crippen molar-refractivity contribution in [2.45, 2.75) is 52.9 Å². The van der Waals surface area contributed by atoms with Crippen LogP contribution in [0.1, 0.15) is 72.0 Å². The number of carbonyl (C=O) groups excluding carboxylic acids is 1. The second kappa shape index (κ2) is 11.6. The van der Waals surface area contributed by atoms with Crippen LogP contribution in [0.15, 0.2) is 35.1 Å². The van der Waals surface area contributed by atoms with Gasteiger partial charge in [0.15, 0.2) is 11.2 Å². The molecule has 2 aromatic carbocycles. The molecule has 0 aliphatic rings. The summed E-state index contributed by atoms with van der Waals surface area (Å²) in [5.41, 5.74) is 1.67. The molecule has 0 amide bonds. The van der Waals surface area contributed by atoms with E-state index in [-0.39, 0.29) is 28.2 Å². The maximum atomic E-state index is 12.4. The minimum Gasteiger partial charge on any atom is -0.507 e. The van der Waals surface area contributed by atoms with Crippen molar-refractivity contribution < 1.29 is 29.3 Å². The number of carboxylic acids is 1. The van der Waals surface area contributed by atoms with Gasteiger partial charge in [0.25, 0.3) is 0 Å². The number of hydrogen-bond donors (Lipinski definition) is 3. The van der Waals surface area contributed by atoms with E-state index in [4.69, 9.17) is 9.47 Å². The smallest absolute Gasteiger partial charge is 0.352 e. The summed E-state index contributed by atoms with van der Waals surface area (Å²) < 4.78 is 11.9. The molecule has 8 nitrogen and oxygen atoms in total. The Morgan fingerprint density at radius 2 is 1.66 bits per heavy atom. The highest BCUT2D eigenvalue weighted by molar-refractivity contribution is 5.97. The summed E-state index contributed by atoms with van der Waals surface area (Å²) in [6, 6.07) is 7.80. The summed E-state index contributed by atoms with van der Waals surface area (Å²) in [5.74, 6) is -0.290. The number of phenols is 1. The van der Waals surface area contributed by atoms with E-state index in [1.165, 1.54) is 6.92 Å². The number of Topliss-reactive ketones (excluding diaryl/α,β-unsaturated/α-hetero) is 1. The molecule has 3 N–H and O–H groups in total. The molecule has 35 heavy (non-hydrogen) atoms. The number of aromatic carboxylic acids is 1. The van der Waals surface area contributed by atoms with E-state index < -0.39 is 5.97 Å². The maximum Gasteiger partial charge on any atom is 0.352 e. The number of fused-ring (bicyclic) bond motifs is 1. The van der Waals surface area contributed by atoms with E-state index >= 15 is 0 Å². The van der Waals surface area contributed by atoms with Crippen molar-refractivity contribution in [3.05, 3.63) is 62.9 Å². The second-order valence-corrected chi connectivity index (χ2v) is 8.40. The molecule has 8 heteroatoms. The highest BCUT2D eigenvalue weighted by Gasteiger charge is 2.16. The number of nitrogens with one attached hydrogen (secondary N) is 1. The number of rotatable bonds is 12.